The van der Waals surface area contributed by atoms with Crippen LogP contribution in [0.1, 0.15) is 162 Å². The summed E-state index contributed by atoms with van der Waals surface area (Å²) in [5.74, 6) is -1.31. The van der Waals surface area contributed by atoms with E-state index in [-0.39, 0.29) is 47.5 Å². The smallest absolute Gasteiger partial charge is 0.246 e. The van der Waals surface area contributed by atoms with E-state index < -0.39 is 48.3 Å². The highest BCUT2D eigenvalue weighted by atomic mass is 16.2. The summed E-state index contributed by atoms with van der Waals surface area (Å²) < 4.78 is 3.68. The number of nitrogens with zero attached hydrogens (tertiary/aromatic N) is 8. The average Bonchev–Trinajstić information content (AvgIpc) is 4.39. The number of nitrogens with one attached hydrogen (secondary N) is 6. The van der Waals surface area contributed by atoms with Gasteiger partial charge < -0.3 is 41.7 Å². The molecule has 0 radical (unpaired) electrons. The molecule has 20 nitrogen and oxygen atoms in total. The molecular weight excluding hydrogens is 1040 g/mol. The Kier molecular flexibility index (Phi) is 20.7. The Morgan fingerprint density at radius 1 is 0.512 bits per heavy atom. The normalized spacial score (nSPS) is 22.5. The molecule has 4 aliphatic heterocycles. The second-order valence-corrected chi connectivity index (χ2v) is 22.9. The summed E-state index contributed by atoms with van der Waals surface area (Å²) in [6.07, 6.45) is 18.2. The number of carbonyl (C=O) groups excluding carboxylic acids is 6. The summed E-state index contributed by atoms with van der Waals surface area (Å²) in [5, 5.41) is 36.4. The van der Waals surface area contributed by atoms with Crippen LogP contribution in [0.25, 0.3) is 0 Å². The van der Waals surface area contributed by atoms with Crippen LogP contribution in [0.4, 0.5) is 0 Å². The van der Waals surface area contributed by atoms with Crippen LogP contribution in [0.5, 0.6) is 0 Å². The first-order valence-electron chi connectivity index (χ1n) is 30.1. The Morgan fingerprint density at radius 3 is 1.29 bits per heavy atom. The van der Waals surface area contributed by atoms with E-state index in [0.717, 1.165) is 101 Å². The third-order valence-corrected chi connectivity index (χ3v) is 17.3. The minimum atomic E-state index is -0.676. The molecule has 438 valence electrons. The third kappa shape index (κ3) is 14.8. The Labute approximate surface area is 482 Å². The third-order valence-electron chi connectivity index (χ3n) is 17.3. The topological polar surface area (TPSA) is 242 Å². The summed E-state index contributed by atoms with van der Waals surface area (Å²) in [5.41, 5.74) is 5.53. The van der Waals surface area contributed by atoms with E-state index in [1.165, 1.54) is 11.1 Å². The van der Waals surface area contributed by atoms with Crippen molar-refractivity contribution in [3.8, 4) is 0 Å². The standard InChI is InChI=1S/C62H84N14O6/c1-41(63-3)57(77)65-49-27-13-11-25-47-33-35-53(75(47)61(49)81)59(79)67-55(45-21-7-5-8-22-45)51-39-73(71-69-51)37-17-15-19-43-29-31-44(32-30-43)20-16-18-38-74-40-52(70-72-74)56(46-23-9-6-10-24-46)68-60(80)54-36-34-48-26-12-14-28-50(62(82)76(48)54)66-58(78)42(2)64-4/h5-10,21-24,29-32,39-42,47-50,53-56,63-64H,11-20,25-28,33-38H2,1-4H3,(H,65,77)(H,66,78)(H,67,79)(H,68,80). The van der Waals surface area contributed by atoms with E-state index >= 15 is 0 Å². The van der Waals surface area contributed by atoms with Gasteiger partial charge in [-0.3, -0.25) is 38.1 Å². The van der Waals surface area contributed by atoms with Crippen molar-refractivity contribution >= 4 is 35.4 Å². The van der Waals surface area contributed by atoms with Crippen LogP contribution in [0.2, 0.25) is 0 Å². The molecule has 2 aromatic heterocycles. The fourth-order valence-electron chi connectivity index (χ4n) is 12.3. The first kappa shape index (κ1) is 59.3. The zero-order valence-corrected chi connectivity index (χ0v) is 48.2. The number of rotatable bonds is 24. The first-order chi connectivity index (χ1) is 39.9. The summed E-state index contributed by atoms with van der Waals surface area (Å²) in [4.78, 5) is 86.0. The van der Waals surface area contributed by atoms with Gasteiger partial charge in [0.05, 0.1) is 36.6 Å². The van der Waals surface area contributed by atoms with Gasteiger partial charge >= 0.3 is 0 Å². The van der Waals surface area contributed by atoms with Crippen molar-refractivity contribution in [3.05, 3.63) is 131 Å². The lowest BCUT2D eigenvalue weighted by molar-refractivity contribution is -0.144. The number of likely N-dealkylation sites (N-methyl/N-ethyl adjacent to an activating group) is 2. The van der Waals surface area contributed by atoms with E-state index in [1.807, 2.05) is 82.4 Å². The first-order valence-corrected chi connectivity index (χ1v) is 30.1. The fourth-order valence-corrected chi connectivity index (χ4v) is 12.3. The number of amides is 6. The van der Waals surface area contributed by atoms with Gasteiger partial charge in [-0.15, -0.1) is 10.2 Å². The molecule has 10 atom stereocenters. The largest absolute Gasteiger partial charge is 0.343 e. The number of aromatic nitrogens is 6. The fraction of sp³-hybridized carbons (Fsp3) is 0.548. The lowest BCUT2D eigenvalue weighted by Crippen LogP contribution is -2.58. The molecular formula is C62H84N14O6. The Balaban J connectivity index is 0.734. The van der Waals surface area contributed by atoms with Crippen LogP contribution in [-0.2, 0) is 54.7 Å². The number of carbonyl (C=O) groups is 6. The lowest BCUT2D eigenvalue weighted by atomic mass is 9.98. The molecule has 0 saturated carbocycles. The second kappa shape index (κ2) is 28.6. The zero-order chi connectivity index (χ0) is 57.5. The van der Waals surface area contributed by atoms with E-state index in [2.05, 4.69) is 76.8 Å². The molecule has 6 heterocycles. The summed E-state index contributed by atoms with van der Waals surface area (Å²) >= 11 is 0. The van der Waals surface area contributed by atoms with Crippen LogP contribution in [0, 0.1) is 0 Å². The van der Waals surface area contributed by atoms with Crippen molar-refractivity contribution in [1.29, 1.82) is 0 Å². The average molecular weight is 1120 g/mol. The van der Waals surface area contributed by atoms with E-state index in [0.29, 0.717) is 50.2 Å². The lowest BCUT2D eigenvalue weighted by Gasteiger charge is -2.36. The molecule has 0 aliphatic carbocycles. The summed E-state index contributed by atoms with van der Waals surface area (Å²) in [6, 6.07) is 23.5. The van der Waals surface area contributed by atoms with Gasteiger partial charge in [0.25, 0.3) is 0 Å². The molecule has 20 heteroatoms. The van der Waals surface area contributed by atoms with Crippen LogP contribution in [-0.4, -0.2) is 138 Å². The number of hydrogen-bond donors (Lipinski definition) is 6. The number of unbranched alkanes of at least 4 members (excludes halogenated alkanes) is 2. The van der Waals surface area contributed by atoms with Gasteiger partial charge in [0.15, 0.2) is 0 Å². The molecule has 6 N–H and O–H groups in total. The van der Waals surface area contributed by atoms with Crippen molar-refractivity contribution in [2.45, 2.75) is 203 Å². The number of aryl methyl sites for hydroxylation is 4. The van der Waals surface area contributed by atoms with Crippen LogP contribution >= 0.6 is 0 Å². The SMILES string of the molecule is CNC(C)C(=O)NC1CCCCC2CCC(C(=O)NC(c3ccccc3)c3cn(CCCCc4ccc(CCCCn5cc(C(NC(=O)C6CCC7CCCCC(NC(=O)C(C)NC)C(=O)N76)c6ccccc6)nn5)cc4)nn3)N2C1=O. The van der Waals surface area contributed by atoms with Crippen molar-refractivity contribution in [2.24, 2.45) is 0 Å². The van der Waals surface area contributed by atoms with Gasteiger partial charge in [-0.2, -0.15) is 0 Å². The number of fused-ring (bicyclic) bond motifs is 2. The monoisotopic (exact) mass is 1120 g/mol. The molecule has 9 rings (SSSR count). The maximum absolute atomic E-state index is 14.3. The molecule has 3 aromatic carbocycles. The van der Waals surface area contributed by atoms with Crippen molar-refractivity contribution in [2.75, 3.05) is 14.1 Å². The van der Waals surface area contributed by atoms with E-state index in [9.17, 15) is 28.8 Å². The number of benzene rings is 3. The van der Waals surface area contributed by atoms with Crippen LogP contribution < -0.4 is 31.9 Å². The van der Waals surface area contributed by atoms with Gasteiger partial charge in [0, 0.05) is 25.2 Å². The quantitative estimate of drug-likeness (QED) is 0.0427. The molecule has 0 spiro atoms. The molecule has 5 aromatic rings. The van der Waals surface area contributed by atoms with Crippen molar-refractivity contribution in [3.63, 3.8) is 0 Å². The predicted octanol–water partition coefficient (Wildman–Crippen LogP) is 5.38. The van der Waals surface area contributed by atoms with Crippen LogP contribution in [0.3, 0.4) is 0 Å². The van der Waals surface area contributed by atoms with Crippen molar-refractivity contribution in [1.82, 2.24) is 71.7 Å². The maximum Gasteiger partial charge on any atom is 0.246 e. The molecule has 10 unspecified atom stereocenters. The van der Waals surface area contributed by atoms with Gasteiger partial charge in [0.1, 0.15) is 35.6 Å². The zero-order valence-electron chi connectivity index (χ0n) is 48.2. The minimum Gasteiger partial charge on any atom is -0.343 e. The van der Waals surface area contributed by atoms with Crippen LogP contribution in [0.15, 0.2) is 97.3 Å². The highest BCUT2D eigenvalue weighted by molar-refractivity contribution is 5.95. The second-order valence-electron chi connectivity index (χ2n) is 22.9. The number of hydrogen-bond acceptors (Lipinski definition) is 12. The van der Waals surface area contributed by atoms with Crippen molar-refractivity contribution < 1.29 is 28.8 Å². The highest BCUT2D eigenvalue weighted by Gasteiger charge is 2.46. The molecule has 0 bridgehead atoms. The predicted molar refractivity (Wildman–Crippen MR) is 310 cm³/mol. The van der Waals surface area contributed by atoms with Gasteiger partial charge in [-0.25, -0.2) is 0 Å². The Hall–Kier alpha value is -7.32. The molecule has 6 amide bonds. The molecule has 4 aliphatic rings. The Bertz CT molecular complexity index is 2720. The van der Waals surface area contributed by atoms with Gasteiger partial charge in [-0.05, 0) is 140 Å². The maximum atomic E-state index is 14.3. The molecule has 4 fully saturated rings. The van der Waals surface area contributed by atoms with Gasteiger partial charge in [0.2, 0.25) is 35.4 Å². The molecule has 4 saturated heterocycles. The molecule has 82 heavy (non-hydrogen) atoms. The Morgan fingerprint density at radius 2 is 0.902 bits per heavy atom. The van der Waals surface area contributed by atoms with E-state index in [4.69, 9.17) is 0 Å². The van der Waals surface area contributed by atoms with Gasteiger partial charge in [-0.1, -0.05) is 121 Å². The highest BCUT2D eigenvalue weighted by Crippen LogP contribution is 2.34. The summed E-state index contributed by atoms with van der Waals surface area (Å²) in [7, 11) is 3.43. The summed E-state index contributed by atoms with van der Waals surface area (Å²) in [6.45, 7) is 4.86. The minimum absolute atomic E-state index is 0.0483. The van der Waals surface area contributed by atoms with E-state index in [1.54, 1.807) is 37.7 Å².